The molecular formula is C18H23BrClNO4. The van der Waals surface area contributed by atoms with Crippen molar-refractivity contribution in [2.45, 2.75) is 33.7 Å². The lowest BCUT2D eigenvalue weighted by Gasteiger charge is -2.19. The first-order chi connectivity index (χ1) is 11.7. The molecule has 1 aromatic carbocycles. The van der Waals surface area contributed by atoms with Crippen LogP contribution in [0.2, 0.25) is 5.02 Å². The van der Waals surface area contributed by atoms with Gasteiger partial charge in [-0.15, -0.1) is 0 Å². The van der Waals surface area contributed by atoms with Crippen molar-refractivity contribution in [1.29, 1.82) is 0 Å². The van der Waals surface area contributed by atoms with E-state index >= 15 is 0 Å². The number of Topliss-reactive ketones (excluding diaryl/α,β-unsaturated/α-hetero) is 1. The first-order valence-electron chi connectivity index (χ1n) is 7.97. The number of ketones is 1. The van der Waals surface area contributed by atoms with E-state index < -0.39 is 11.8 Å². The molecule has 7 heteroatoms. The molecule has 0 amide bonds. The monoisotopic (exact) mass is 431 g/mol. The third-order valence-electron chi connectivity index (χ3n) is 3.68. The zero-order chi connectivity index (χ0) is 19.1. The van der Waals surface area contributed by atoms with Gasteiger partial charge < -0.3 is 15.2 Å². The number of aryl methyl sites for hydroxylation is 1. The number of rotatable bonds is 8. The number of benzene rings is 1. The molecule has 0 aliphatic heterocycles. The van der Waals surface area contributed by atoms with Crippen molar-refractivity contribution in [2.75, 3.05) is 13.2 Å². The lowest BCUT2D eigenvalue weighted by atomic mass is 10.0. The second kappa shape index (κ2) is 9.94. The Labute approximate surface area is 161 Å². The van der Waals surface area contributed by atoms with E-state index in [-0.39, 0.29) is 41.3 Å². The van der Waals surface area contributed by atoms with Crippen molar-refractivity contribution >= 4 is 39.3 Å². The summed E-state index contributed by atoms with van der Waals surface area (Å²) in [6.07, 6.45) is 1.30. The first-order valence-corrected chi connectivity index (χ1v) is 9.14. The van der Waals surface area contributed by atoms with Gasteiger partial charge in [-0.25, -0.2) is 4.79 Å². The van der Waals surface area contributed by atoms with Crippen molar-refractivity contribution in [3.63, 3.8) is 0 Å². The summed E-state index contributed by atoms with van der Waals surface area (Å²) < 4.78 is 5.70. The van der Waals surface area contributed by atoms with Crippen molar-refractivity contribution in [2.24, 2.45) is 5.92 Å². The van der Waals surface area contributed by atoms with Crippen molar-refractivity contribution in [3.8, 4) is 0 Å². The van der Waals surface area contributed by atoms with Crippen LogP contribution in [0.5, 0.6) is 0 Å². The molecule has 0 fully saturated rings. The number of esters is 1. The van der Waals surface area contributed by atoms with Crippen LogP contribution in [0.15, 0.2) is 28.4 Å². The smallest absolute Gasteiger partial charge is 0.343 e. The summed E-state index contributed by atoms with van der Waals surface area (Å²) in [4.78, 5) is 25.1. The van der Waals surface area contributed by atoms with E-state index in [4.69, 9.17) is 16.3 Å². The molecule has 0 unspecified atom stereocenters. The zero-order valence-corrected chi connectivity index (χ0v) is 17.1. The highest BCUT2D eigenvalue weighted by Crippen LogP contribution is 2.27. The fourth-order valence-electron chi connectivity index (χ4n) is 2.04. The summed E-state index contributed by atoms with van der Waals surface area (Å²) in [5, 5.41) is 12.6. The molecule has 1 atom stereocenters. The van der Waals surface area contributed by atoms with E-state index in [1.807, 2.05) is 20.8 Å². The van der Waals surface area contributed by atoms with E-state index in [1.165, 1.54) is 6.20 Å². The Morgan fingerprint density at radius 2 is 2.04 bits per heavy atom. The second-order valence-electron chi connectivity index (χ2n) is 5.89. The Morgan fingerprint density at radius 1 is 1.40 bits per heavy atom. The Morgan fingerprint density at radius 3 is 2.56 bits per heavy atom. The van der Waals surface area contributed by atoms with Gasteiger partial charge in [0.2, 0.25) is 5.78 Å². The number of halogens is 2. The molecule has 0 saturated carbocycles. The number of aliphatic hydroxyl groups excluding tert-OH is 1. The molecule has 2 N–H and O–H groups in total. The Kier molecular flexibility index (Phi) is 8.62. The molecule has 1 rings (SSSR count). The number of aliphatic hydroxyl groups is 1. The summed E-state index contributed by atoms with van der Waals surface area (Å²) in [7, 11) is 0. The number of carbonyl (C=O) groups excluding carboxylic acids is 2. The van der Waals surface area contributed by atoms with Crippen LogP contribution in [-0.2, 0) is 9.53 Å². The molecule has 0 heterocycles. The van der Waals surface area contributed by atoms with E-state index in [2.05, 4.69) is 21.2 Å². The van der Waals surface area contributed by atoms with E-state index in [9.17, 15) is 14.7 Å². The van der Waals surface area contributed by atoms with Crippen LogP contribution >= 0.6 is 27.5 Å². The van der Waals surface area contributed by atoms with Crippen molar-refractivity contribution in [1.82, 2.24) is 5.32 Å². The summed E-state index contributed by atoms with van der Waals surface area (Å²) in [5.74, 6) is -1.18. The van der Waals surface area contributed by atoms with Crippen LogP contribution in [0.4, 0.5) is 0 Å². The van der Waals surface area contributed by atoms with Gasteiger partial charge in [0.25, 0.3) is 0 Å². The number of nitrogens with one attached hydrogen (secondary N) is 1. The number of carbonyl (C=O) groups is 2. The SMILES string of the molecule is CCOC(=O)/C(=C\N[C@H](CO)C(C)C)C(=O)c1cc(Br)c(C)cc1Cl. The minimum Gasteiger partial charge on any atom is -0.462 e. The third-order valence-corrected chi connectivity index (χ3v) is 4.84. The van der Waals surface area contributed by atoms with Gasteiger partial charge in [-0.05, 0) is 37.5 Å². The summed E-state index contributed by atoms with van der Waals surface area (Å²) in [6.45, 7) is 7.36. The maximum atomic E-state index is 12.8. The van der Waals surface area contributed by atoms with Gasteiger partial charge in [0.15, 0.2) is 0 Å². The topological polar surface area (TPSA) is 75.6 Å². The van der Waals surface area contributed by atoms with Gasteiger partial charge in [-0.1, -0.05) is 41.4 Å². The second-order valence-corrected chi connectivity index (χ2v) is 7.15. The highest BCUT2D eigenvalue weighted by atomic mass is 79.9. The summed E-state index contributed by atoms with van der Waals surface area (Å²) in [6, 6.07) is 2.94. The van der Waals surface area contributed by atoms with Gasteiger partial charge in [0.1, 0.15) is 5.57 Å². The third kappa shape index (κ3) is 5.83. The van der Waals surface area contributed by atoms with Gasteiger partial charge >= 0.3 is 5.97 Å². The van der Waals surface area contributed by atoms with Gasteiger partial charge in [0, 0.05) is 16.2 Å². The fourth-order valence-corrected chi connectivity index (χ4v) is 2.69. The predicted molar refractivity (Wildman–Crippen MR) is 102 cm³/mol. The Bertz CT molecular complexity index is 673. The molecule has 0 saturated heterocycles. The number of hydrogen-bond donors (Lipinski definition) is 2. The lowest BCUT2D eigenvalue weighted by Crippen LogP contribution is -2.34. The number of hydrogen-bond acceptors (Lipinski definition) is 5. The molecule has 138 valence electrons. The molecule has 5 nitrogen and oxygen atoms in total. The zero-order valence-electron chi connectivity index (χ0n) is 14.7. The lowest BCUT2D eigenvalue weighted by molar-refractivity contribution is -0.138. The van der Waals surface area contributed by atoms with Crippen LogP contribution in [0, 0.1) is 12.8 Å². The minimum absolute atomic E-state index is 0.108. The highest BCUT2D eigenvalue weighted by molar-refractivity contribution is 9.10. The van der Waals surface area contributed by atoms with Crippen LogP contribution in [0.1, 0.15) is 36.7 Å². The van der Waals surface area contributed by atoms with Crippen molar-refractivity contribution < 1.29 is 19.4 Å². The van der Waals surface area contributed by atoms with Crippen LogP contribution < -0.4 is 5.32 Å². The molecule has 0 spiro atoms. The largest absolute Gasteiger partial charge is 0.462 e. The van der Waals surface area contributed by atoms with Gasteiger partial charge in [0.05, 0.1) is 24.3 Å². The summed E-state index contributed by atoms with van der Waals surface area (Å²) >= 11 is 9.54. The molecule has 1 aromatic rings. The van der Waals surface area contributed by atoms with Gasteiger partial charge in [-0.2, -0.15) is 0 Å². The molecule has 0 radical (unpaired) electrons. The maximum Gasteiger partial charge on any atom is 0.343 e. The molecule has 0 bridgehead atoms. The average Bonchev–Trinajstić information content (AvgIpc) is 2.54. The van der Waals surface area contributed by atoms with Crippen LogP contribution in [0.25, 0.3) is 0 Å². The first kappa shape index (κ1) is 21.7. The number of ether oxygens (including phenoxy) is 1. The van der Waals surface area contributed by atoms with Crippen LogP contribution in [-0.4, -0.2) is 36.1 Å². The Balaban J connectivity index is 3.26. The van der Waals surface area contributed by atoms with E-state index in [1.54, 1.807) is 19.1 Å². The highest BCUT2D eigenvalue weighted by Gasteiger charge is 2.24. The van der Waals surface area contributed by atoms with E-state index in [0.717, 1.165) is 5.56 Å². The minimum atomic E-state index is -0.742. The maximum absolute atomic E-state index is 12.8. The predicted octanol–water partition coefficient (Wildman–Crippen LogP) is 3.65. The standard InChI is InChI=1S/C18H23BrClNO4/c1-5-25-18(24)13(8-21-16(9-22)10(2)3)17(23)12-7-14(19)11(4)6-15(12)20/h6-8,10,16,21-22H,5,9H2,1-4H3/b13-8-/t16-/m1/s1. The molecule has 0 aliphatic rings. The molecule has 0 aliphatic carbocycles. The van der Waals surface area contributed by atoms with Crippen molar-refractivity contribution in [3.05, 3.63) is 44.5 Å². The molecule has 0 aromatic heterocycles. The molecule has 25 heavy (non-hydrogen) atoms. The molecular weight excluding hydrogens is 410 g/mol. The van der Waals surface area contributed by atoms with Gasteiger partial charge in [-0.3, -0.25) is 4.79 Å². The van der Waals surface area contributed by atoms with Crippen LogP contribution in [0.3, 0.4) is 0 Å². The quantitative estimate of drug-likeness (QED) is 0.216. The summed E-state index contributed by atoms with van der Waals surface area (Å²) in [5.41, 5.74) is 0.908. The Hall–Kier alpha value is -1.37. The van der Waals surface area contributed by atoms with E-state index in [0.29, 0.717) is 4.47 Å². The fraction of sp³-hybridized carbons (Fsp3) is 0.444. The normalized spacial score (nSPS) is 12.9. The average molecular weight is 433 g/mol.